The Balaban J connectivity index is 2.92. The van der Waals surface area contributed by atoms with Gasteiger partial charge in [-0.25, -0.2) is 8.42 Å². The maximum Gasteiger partial charge on any atom is 0.246 e. The van der Waals surface area contributed by atoms with Crippen molar-refractivity contribution in [1.29, 1.82) is 5.26 Å². The number of anilines is 1. The molecular weight excluding hydrogens is 304 g/mol. The number of nitrogens with zero attached hydrogens (tertiary/aromatic N) is 1. The number of hydrogen-bond acceptors (Lipinski definition) is 3. The fraction of sp³-hybridized carbons (Fsp3) is 0.125. The lowest BCUT2D eigenvalue weighted by atomic mass is 10.3. The van der Waals surface area contributed by atoms with Crippen LogP contribution in [0.1, 0.15) is 0 Å². The van der Waals surface area contributed by atoms with E-state index in [1.807, 2.05) is 0 Å². The quantitative estimate of drug-likeness (QED) is 0.932. The van der Waals surface area contributed by atoms with Crippen molar-refractivity contribution < 1.29 is 8.42 Å². The van der Waals surface area contributed by atoms with Crippen LogP contribution in [-0.4, -0.2) is 14.2 Å². The number of benzene rings is 1. The zero-order valence-electron chi connectivity index (χ0n) is 7.37. The first-order chi connectivity index (χ1) is 6.94. The molecule has 0 aliphatic rings. The lowest BCUT2D eigenvalue weighted by Crippen LogP contribution is -2.15. The molecule has 0 radical (unpaired) electrons. The molecule has 0 fully saturated rings. The number of sulfonamides is 1. The molecule has 4 nitrogen and oxygen atoms in total. The third kappa shape index (κ3) is 3.70. The summed E-state index contributed by atoms with van der Waals surface area (Å²) in [6.07, 6.45) is 0. The van der Waals surface area contributed by atoms with Crippen LogP contribution >= 0.6 is 27.5 Å². The van der Waals surface area contributed by atoms with Gasteiger partial charge in [0.25, 0.3) is 0 Å². The van der Waals surface area contributed by atoms with Crippen LogP contribution in [0, 0.1) is 11.3 Å². The summed E-state index contributed by atoms with van der Waals surface area (Å²) in [5.41, 5.74) is 0.363. The minimum Gasteiger partial charge on any atom is -0.283 e. The van der Waals surface area contributed by atoms with Gasteiger partial charge >= 0.3 is 0 Å². The second-order valence-electron chi connectivity index (χ2n) is 2.65. The maximum absolute atomic E-state index is 11.2. The second kappa shape index (κ2) is 4.84. The molecule has 15 heavy (non-hydrogen) atoms. The summed E-state index contributed by atoms with van der Waals surface area (Å²) >= 11 is 8.90. The Morgan fingerprint density at radius 1 is 1.53 bits per heavy atom. The summed E-state index contributed by atoms with van der Waals surface area (Å²) in [6, 6.07) is 6.16. The smallest absolute Gasteiger partial charge is 0.246 e. The largest absolute Gasteiger partial charge is 0.283 e. The highest BCUT2D eigenvalue weighted by Gasteiger charge is 2.09. The van der Waals surface area contributed by atoms with E-state index in [1.165, 1.54) is 12.1 Å². The van der Waals surface area contributed by atoms with Gasteiger partial charge in [0, 0.05) is 10.2 Å². The normalized spacial score (nSPS) is 10.7. The lowest BCUT2D eigenvalue weighted by Gasteiger charge is -2.05. The SMILES string of the molecule is N#CCS(=O)(=O)Nc1ccc(Cl)c(Br)c1. The molecule has 0 atom stereocenters. The van der Waals surface area contributed by atoms with Crippen molar-refractivity contribution in [2.45, 2.75) is 0 Å². The van der Waals surface area contributed by atoms with Gasteiger partial charge in [-0.1, -0.05) is 11.6 Å². The Labute approximate surface area is 101 Å². The molecule has 1 aromatic carbocycles. The molecule has 1 rings (SSSR count). The lowest BCUT2D eigenvalue weighted by molar-refractivity contribution is 0.604. The highest BCUT2D eigenvalue weighted by molar-refractivity contribution is 9.10. The van der Waals surface area contributed by atoms with Crippen molar-refractivity contribution in [3.63, 3.8) is 0 Å². The van der Waals surface area contributed by atoms with Gasteiger partial charge in [0.1, 0.15) is 0 Å². The molecule has 0 bridgehead atoms. The molecule has 1 N–H and O–H groups in total. The monoisotopic (exact) mass is 308 g/mol. The van der Waals surface area contributed by atoms with Gasteiger partial charge in [-0.2, -0.15) is 5.26 Å². The van der Waals surface area contributed by atoms with E-state index in [1.54, 1.807) is 12.1 Å². The Morgan fingerprint density at radius 3 is 2.73 bits per heavy atom. The van der Waals surface area contributed by atoms with Gasteiger partial charge in [-0.05, 0) is 34.1 Å². The van der Waals surface area contributed by atoms with E-state index in [4.69, 9.17) is 16.9 Å². The first-order valence-electron chi connectivity index (χ1n) is 3.77. The van der Waals surface area contributed by atoms with Crippen molar-refractivity contribution in [2.24, 2.45) is 0 Å². The van der Waals surface area contributed by atoms with E-state index in [0.29, 0.717) is 15.2 Å². The average molecular weight is 310 g/mol. The molecule has 0 aromatic heterocycles. The summed E-state index contributed by atoms with van der Waals surface area (Å²) in [5, 5.41) is 8.76. The average Bonchev–Trinajstić information content (AvgIpc) is 2.10. The summed E-state index contributed by atoms with van der Waals surface area (Å²) in [7, 11) is -3.59. The highest BCUT2D eigenvalue weighted by atomic mass is 79.9. The number of nitrogens with one attached hydrogen (secondary N) is 1. The third-order valence-corrected chi connectivity index (χ3v) is 3.72. The van der Waals surface area contributed by atoms with Crippen LogP contribution in [0.5, 0.6) is 0 Å². The van der Waals surface area contributed by atoms with Crippen LogP contribution in [0.4, 0.5) is 5.69 Å². The maximum atomic E-state index is 11.2. The Hall–Kier alpha value is -0.770. The molecule has 0 spiro atoms. The molecule has 0 amide bonds. The van der Waals surface area contributed by atoms with Gasteiger partial charge in [0.2, 0.25) is 10.0 Å². The van der Waals surface area contributed by atoms with E-state index in [9.17, 15) is 8.42 Å². The zero-order chi connectivity index (χ0) is 11.5. The van der Waals surface area contributed by atoms with Gasteiger partial charge in [-0.3, -0.25) is 4.72 Å². The van der Waals surface area contributed by atoms with Crippen molar-refractivity contribution in [3.8, 4) is 6.07 Å². The zero-order valence-corrected chi connectivity index (χ0v) is 10.5. The first kappa shape index (κ1) is 12.3. The predicted octanol–water partition coefficient (Wildman–Crippen LogP) is 2.37. The molecule has 1 aromatic rings. The highest BCUT2D eigenvalue weighted by Crippen LogP contribution is 2.25. The van der Waals surface area contributed by atoms with Gasteiger partial charge in [-0.15, -0.1) is 0 Å². The number of rotatable bonds is 3. The number of nitriles is 1. The molecule has 0 heterocycles. The van der Waals surface area contributed by atoms with E-state index in [0.717, 1.165) is 0 Å². The van der Waals surface area contributed by atoms with Gasteiger partial charge in [0.15, 0.2) is 5.75 Å². The molecule has 7 heteroatoms. The molecule has 80 valence electrons. The standard InChI is InChI=1S/C8H6BrClN2O2S/c9-7-5-6(1-2-8(7)10)12-15(13,14)4-3-11/h1-2,5,12H,4H2. The summed E-state index contributed by atoms with van der Waals surface area (Å²) < 4.78 is 25.3. The predicted molar refractivity (Wildman–Crippen MR) is 62.2 cm³/mol. The molecular formula is C8H6BrClN2O2S. The Kier molecular flexibility index (Phi) is 3.97. The first-order valence-corrected chi connectivity index (χ1v) is 6.59. The van der Waals surface area contributed by atoms with Gasteiger partial charge < -0.3 is 0 Å². The fourth-order valence-electron chi connectivity index (χ4n) is 0.860. The van der Waals surface area contributed by atoms with Crippen LogP contribution in [0.25, 0.3) is 0 Å². The van der Waals surface area contributed by atoms with Crippen LogP contribution in [0.3, 0.4) is 0 Å². The van der Waals surface area contributed by atoms with Crippen molar-refractivity contribution in [3.05, 3.63) is 27.7 Å². The van der Waals surface area contributed by atoms with Crippen LogP contribution in [0.2, 0.25) is 5.02 Å². The van der Waals surface area contributed by atoms with Crippen LogP contribution in [0.15, 0.2) is 22.7 Å². The summed E-state index contributed by atoms with van der Waals surface area (Å²) in [5.74, 6) is -0.576. The van der Waals surface area contributed by atoms with Crippen molar-refractivity contribution >= 4 is 43.2 Å². The van der Waals surface area contributed by atoms with Crippen molar-refractivity contribution in [2.75, 3.05) is 10.5 Å². The second-order valence-corrected chi connectivity index (χ2v) is 5.63. The fourth-order valence-corrected chi connectivity index (χ4v) is 2.08. The van der Waals surface area contributed by atoms with E-state index < -0.39 is 15.8 Å². The van der Waals surface area contributed by atoms with Crippen molar-refractivity contribution in [1.82, 2.24) is 0 Å². The molecule has 0 aliphatic carbocycles. The molecule has 0 aliphatic heterocycles. The van der Waals surface area contributed by atoms with Gasteiger partial charge in [0.05, 0.1) is 11.1 Å². The summed E-state index contributed by atoms with van der Waals surface area (Å²) in [4.78, 5) is 0. The minimum atomic E-state index is -3.59. The summed E-state index contributed by atoms with van der Waals surface area (Å²) in [6.45, 7) is 0. The molecule has 0 unspecified atom stereocenters. The van der Waals surface area contributed by atoms with E-state index in [2.05, 4.69) is 20.7 Å². The Morgan fingerprint density at radius 2 is 2.20 bits per heavy atom. The van der Waals surface area contributed by atoms with E-state index in [-0.39, 0.29) is 0 Å². The number of halogens is 2. The topological polar surface area (TPSA) is 70.0 Å². The molecule has 0 saturated heterocycles. The number of hydrogen-bond donors (Lipinski definition) is 1. The minimum absolute atomic E-state index is 0.363. The van der Waals surface area contributed by atoms with Crippen LogP contribution < -0.4 is 4.72 Å². The third-order valence-electron chi connectivity index (χ3n) is 1.45. The molecule has 0 saturated carbocycles. The Bertz CT molecular complexity index is 510. The van der Waals surface area contributed by atoms with E-state index >= 15 is 0 Å². The van der Waals surface area contributed by atoms with Crippen LogP contribution in [-0.2, 0) is 10.0 Å².